The van der Waals surface area contributed by atoms with Crippen LogP contribution in [0.25, 0.3) is 10.1 Å². The first-order valence-electron chi connectivity index (χ1n) is 6.07. The van der Waals surface area contributed by atoms with E-state index in [0.29, 0.717) is 11.9 Å². The van der Waals surface area contributed by atoms with Crippen molar-refractivity contribution in [1.29, 1.82) is 0 Å². The van der Waals surface area contributed by atoms with Gasteiger partial charge in [-0.2, -0.15) is 0 Å². The smallest absolute Gasteiger partial charge is 0.268 e. The molecule has 1 N–H and O–H groups in total. The van der Waals surface area contributed by atoms with Crippen LogP contribution < -0.4 is 5.56 Å². The van der Waals surface area contributed by atoms with Crippen LogP contribution in [0.5, 0.6) is 0 Å². The van der Waals surface area contributed by atoms with Gasteiger partial charge in [-0.25, -0.2) is 0 Å². The van der Waals surface area contributed by atoms with E-state index < -0.39 is 6.10 Å². The van der Waals surface area contributed by atoms with Crippen molar-refractivity contribution in [1.82, 2.24) is 3.96 Å². The van der Waals surface area contributed by atoms with Crippen molar-refractivity contribution in [2.75, 3.05) is 0 Å². The number of aromatic nitrogens is 1. The van der Waals surface area contributed by atoms with Crippen LogP contribution in [0.4, 0.5) is 0 Å². The molecule has 1 heterocycles. The van der Waals surface area contributed by atoms with Crippen molar-refractivity contribution in [2.24, 2.45) is 0 Å². The fraction of sp³-hybridized carbons (Fsp3) is 0.133. The monoisotopic (exact) mass is 271 g/mol. The third kappa shape index (κ3) is 2.32. The maximum Gasteiger partial charge on any atom is 0.268 e. The number of hydrogen-bond donors (Lipinski definition) is 1. The first-order valence-corrected chi connectivity index (χ1v) is 6.85. The Kier molecular flexibility index (Phi) is 3.19. The number of hydrogen-bond acceptors (Lipinski definition) is 3. The van der Waals surface area contributed by atoms with Crippen LogP contribution in [0, 0.1) is 0 Å². The second-order valence-electron chi connectivity index (χ2n) is 4.38. The van der Waals surface area contributed by atoms with Crippen LogP contribution in [0.2, 0.25) is 0 Å². The second-order valence-corrected chi connectivity index (χ2v) is 5.44. The molecular weight excluding hydrogens is 258 g/mol. The van der Waals surface area contributed by atoms with E-state index in [4.69, 9.17) is 0 Å². The summed E-state index contributed by atoms with van der Waals surface area (Å²) in [6.07, 6.45) is -0.660. The van der Waals surface area contributed by atoms with Gasteiger partial charge in [0.1, 0.15) is 0 Å². The lowest BCUT2D eigenvalue weighted by Crippen LogP contribution is -2.17. The Labute approximate surface area is 114 Å². The predicted octanol–water partition coefficient (Wildman–Crippen LogP) is 2.80. The lowest BCUT2D eigenvalue weighted by atomic mass is 10.1. The Bertz CT molecular complexity index is 745. The van der Waals surface area contributed by atoms with Crippen molar-refractivity contribution in [3.63, 3.8) is 0 Å². The Morgan fingerprint density at radius 3 is 2.47 bits per heavy atom. The first kappa shape index (κ1) is 12.1. The fourth-order valence-corrected chi connectivity index (χ4v) is 3.10. The highest BCUT2D eigenvalue weighted by molar-refractivity contribution is 7.13. The molecule has 4 heteroatoms. The molecule has 96 valence electrons. The van der Waals surface area contributed by atoms with E-state index in [1.54, 1.807) is 3.96 Å². The fourth-order valence-electron chi connectivity index (χ4n) is 2.08. The largest absolute Gasteiger partial charge is 0.387 e. The third-order valence-electron chi connectivity index (χ3n) is 3.08. The molecule has 0 saturated heterocycles. The summed E-state index contributed by atoms with van der Waals surface area (Å²) in [4.78, 5) is 12.2. The highest BCUT2D eigenvalue weighted by Gasteiger charge is 2.12. The molecule has 1 atom stereocenters. The zero-order valence-electron chi connectivity index (χ0n) is 10.2. The Morgan fingerprint density at radius 2 is 1.74 bits per heavy atom. The highest BCUT2D eigenvalue weighted by atomic mass is 32.1. The normalized spacial score (nSPS) is 12.7. The van der Waals surface area contributed by atoms with Gasteiger partial charge in [0.25, 0.3) is 5.56 Å². The minimum atomic E-state index is -0.660. The van der Waals surface area contributed by atoms with Gasteiger partial charge in [-0.1, -0.05) is 54.0 Å². The van der Waals surface area contributed by atoms with Crippen molar-refractivity contribution in [2.45, 2.75) is 12.6 Å². The lowest BCUT2D eigenvalue weighted by Gasteiger charge is -2.10. The summed E-state index contributed by atoms with van der Waals surface area (Å²) >= 11 is 1.39. The van der Waals surface area contributed by atoms with Gasteiger partial charge in [0.2, 0.25) is 0 Å². The van der Waals surface area contributed by atoms with Crippen LogP contribution in [0.3, 0.4) is 0 Å². The van der Waals surface area contributed by atoms with Gasteiger partial charge >= 0.3 is 0 Å². The highest BCUT2D eigenvalue weighted by Crippen LogP contribution is 2.19. The summed E-state index contributed by atoms with van der Waals surface area (Å²) in [6.45, 7) is 0.294. The molecule has 1 aromatic heterocycles. The Balaban J connectivity index is 1.94. The second kappa shape index (κ2) is 4.99. The molecule has 0 spiro atoms. The predicted molar refractivity (Wildman–Crippen MR) is 77.5 cm³/mol. The molecule has 1 unspecified atom stereocenters. The maximum absolute atomic E-state index is 12.2. The number of aliphatic hydroxyl groups excluding tert-OH is 1. The summed E-state index contributed by atoms with van der Waals surface area (Å²) in [5.41, 5.74) is 0.794. The van der Waals surface area contributed by atoms with Gasteiger partial charge in [0.15, 0.2) is 0 Å². The number of fused-ring (bicyclic) bond motifs is 1. The van der Waals surface area contributed by atoms with E-state index >= 15 is 0 Å². The van der Waals surface area contributed by atoms with Crippen molar-refractivity contribution in [3.8, 4) is 0 Å². The van der Waals surface area contributed by atoms with Crippen LogP contribution in [-0.2, 0) is 6.54 Å². The van der Waals surface area contributed by atoms with Crippen molar-refractivity contribution >= 4 is 21.6 Å². The van der Waals surface area contributed by atoms with Gasteiger partial charge in [-0.3, -0.25) is 8.75 Å². The molecular formula is C15H13NO2S. The molecule has 3 rings (SSSR count). The first-order chi connectivity index (χ1) is 9.25. The molecule has 19 heavy (non-hydrogen) atoms. The van der Waals surface area contributed by atoms with Crippen LogP contribution >= 0.6 is 11.5 Å². The van der Waals surface area contributed by atoms with Crippen LogP contribution in [0.1, 0.15) is 11.7 Å². The Hall–Kier alpha value is -1.91. The molecule has 0 saturated carbocycles. The average molecular weight is 271 g/mol. The summed E-state index contributed by atoms with van der Waals surface area (Å²) in [6, 6.07) is 16.9. The molecule has 2 aromatic carbocycles. The summed E-state index contributed by atoms with van der Waals surface area (Å²) < 4.78 is 2.57. The standard InChI is InChI=1S/C15H13NO2S/c17-13(11-6-2-1-3-7-11)10-16-15(18)12-8-4-5-9-14(12)19-16/h1-9,13,17H,10H2. The summed E-state index contributed by atoms with van der Waals surface area (Å²) in [5, 5.41) is 10.9. The lowest BCUT2D eigenvalue weighted by molar-refractivity contribution is 0.159. The minimum Gasteiger partial charge on any atom is -0.387 e. The van der Waals surface area contributed by atoms with Gasteiger partial charge in [0, 0.05) is 0 Å². The van der Waals surface area contributed by atoms with E-state index in [1.807, 2.05) is 54.6 Å². The third-order valence-corrected chi connectivity index (χ3v) is 4.16. The molecule has 0 amide bonds. The topological polar surface area (TPSA) is 42.2 Å². The summed E-state index contributed by atoms with van der Waals surface area (Å²) in [7, 11) is 0. The van der Waals surface area contributed by atoms with Gasteiger partial charge in [0.05, 0.1) is 22.7 Å². The molecule has 3 nitrogen and oxygen atoms in total. The number of nitrogens with zero attached hydrogens (tertiary/aromatic N) is 1. The van der Waals surface area contributed by atoms with E-state index in [2.05, 4.69) is 0 Å². The van der Waals surface area contributed by atoms with Crippen LogP contribution in [0.15, 0.2) is 59.4 Å². The molecule has 0 aliphatic carbocycles. The zero-order valence-corrected chi connectivity index (χ0v) is 11.0. The number of rotatable bonds is 3. The SMILES string of the molecule is O=c1c2ccccc2sn1CC(O)c1ccccc1. The number of benzene rings is 2. The van der Waals surface area contributed by atoms with E-state index in [9.17, 15) is 9.90 Å². The summed E-state index contributed by atoms with van der Waals surface area (Å²) in [5.74, 6) is 0. The van der Waals surface area contributed by atoms with Crippen molar-refractivity contribution in [3.05, 3.63) is 70.5 Å². The maximum atomic E-state index is 12.2. The molecule has 0 fully saturated rings. The molecule has 0 aliphatic heterocycles. The molecule has 0 aliphatic rings. The molecule has 3 aromatic rings. The van der Waals surface area contributed by atoms with E-state index in [0.717, 1.165) is 10.3 Å². The zero-order chi connectivity index (χ0) is 13.2. The van der Waals surface area contributed by atoms with Gasteiger partial charge < -0.3 is 5.11 Å². The van der Waals surface area contributed by atoms with Crippen LogP contribution in [-0.4, -0.2) is 9.06 Å². The minimum absolute atomic E-state index is 0.0319. The van der Waals surface area contributed by atoms with Gasteiger partial charge in [-0.15, -0.1) is 0 Å². The Morgan fingerprint density at radius 1 is 1.05 bits per heavy atom. The van der Waals surface area contributed by atoms with Crippen molar-refractivity contribution < 1.29 is 5.11 Å². The average Bonchev–Trinajstić information content (AvgIpc) is 2.77. The van der Waals surface area contributed by atoms with E-state index in [1.165, 1.54) is 11.5 Å². The van der Waals surface area contributed by atoms with Gasteiger partial charge in [-0.05, 0) is 17.7 Å². The van der Waals surface area contributed by atoms with E-state index in [-0.39, 0.29) is 5.56 Å². The quantitative estimate of drug-likeness (QED) is 0.796. The number of aliphatic hydroxyl groups is 1. The molecule has 0 bridgehead atoms. The molecule has 0 radical (unpaired) electrons.